The standard InChI is InChI=1S/C15H13NO3S/c1-9(17)10-2-4-11(5-3-10)16-15(20)13-7-6-12(18)8-14(13)19/h2-8,18-19H,1H3,(H,16,20). The summed E-state index contributed by atoms with van der Waals surface area (Å²) >= 11 is 5.20. The van der Waals surface area contributed by atoms with E-state index in [1.54, 1.807) is 24.3 Å². The fourth-order valence-corrected chi connectivity index (χ4v) is 1.99. The Balaban J connectivity index is 2.17. The predicted octanol–water partition coefficient (Wildman–Crippen LogP) is 3.09. The normalized spacial score (nSPS) is 10.1. The van der Waals surface area contributed by atoms with Gasteiger partial charge in [-0.3, -0.25) is 4.79 Å². The molecule has 0 aromatic heterocycles. The number of aromatic hydroxyl groups is 2. The van der Waals surface area contributed by atoms with Gasteiger partial charge in [-0.15, -0.1) is 0 Å². The monoisotopic (exact) mass is 287 g/mol. The van der Waals surface area contributed by atoms with Crippen molar-refractivity contribution >= 4 is 28.7 Å². The van der Waals surface area contributed by atoms with Gasteiger partial charge in [-0.05, 0) is 43.3 Å². The summed E-state index contributed by atoms with van der Waals surface area (Å²) in [7, 11) is 0. The molecule has 0 atom stereocenters. The Morgan fingerprint density at radius 1 is 1.10 bits per heavy atom. The van der Waals surface area contributed by atoms with Crippen molar-refractivity contribution in [1.82, 2.24) is 0 Å². The molecule has 2 aromatic carbocycles. The number of phenolic OH excluding ortho intramolecular Hbond substituents is 2. The molecule has 0 aliphatic carbocycles. The third kappa shape index (κ3) is 3.13. The number of Topliss-reactive ketones (excluding diaryl/α,β-unsaturated/α-hetero) is 1. The van der Waals surface area contributed by atoms with Crippen molar-refractivity contribution < 1.29 is 15.0 Å². The molecule has 5 heteroatoms. The summed E-state index contributed by atoms with van der Waals surface area (Å²) in [6.45, 7) is 1.50. The summed E-state index contributed by atoms with van der Waals surface area (Å²) in [5, 5.41) is 21.9. The number of hydrogen-bond donors (Lipinski definition) is 3. The number of hydrogen-bond acceptors (Lipinski definition) is 4. The van der Waals surface area contributed by atoms with Crippen LogP contribution in [-0.2, 0) is 0 Å². The van der Waals surface area contributed by atoms with E-state index in [2.05, 4.69) is 5.32 Å². The summed E-state index contributed by atoms with van der Waals surface area (Å²) < 4.78 is 0. The van der Waals surface area contributed by atoms with Crippen LogP contribution in [0.4, 0.5) is 5.69 Å². The molecule has 0 radical (unpaired) electrons. The lowest BCUT2D eigenvalue weighted by atomic mass is 10.1. The second-order valence-corrected chi connectivity index (χ2v) is 4.70. The summed E-state index contributed by atoms with van der Waals surface area (Å²) in [4.78, 5) is 11.5. The number of carbonyl (C=O) groups excluding carboxylic acids is 1. The van der Waals surface area contributed by atoms with E-state index in [9.17, 15) is 15.0 Å². The Morgan fingerprint density at radius 3 is 2.30 bits per heavy atom. The number of ketones is 1. The average Bonchev–Trinajstić information content (AvgIpc) is 2.39. The Kier molecular flexibility index (Phi) is 4.00. The molecule has 0 unspecified atom stereocenters. The maximum Gasteiger partial charge on any atom is 0.159 e. The van der Waals surface area contributed by atoms with E-state index >= 15 is 0 Å². The molecule has 0 saturated carbocycles. The maximum atomic E-state index is 11.2. The maximum absolute atomic E-state index is 11.2. The van der Waals surface area contributed by atoms with E-state index in [0.29, 0.717) is 21.8 Å². The number of nitrogens with one attached hydrogen (secondary N) is 1. The molecular weight excluding hydrogens is 274 g/mol. The highest BCUT2D eigenvalue weighted by molar-refractivity contribution is 7.81. The van der Waals surface area contributed by atoms with Crippen LogP contribution in [-0.4, -0.2) is 21.0 Å². The van der Waals surface area contributed by atoms with Crippen LogP contribution in [0.2, 0.25) is 0 Å². The first-order valence-electron chi connectivity index (χ1n) is 5.91. The minimum Gasteiger partial charge on any atom is -0.508 e. The average molecular weight is 287 g/mol. The molecule has 0 spiro atoms. The third-order valence-electron chi connectivity index (χ3n) is 2.78. The van der Waals surface area contributed by atoms with Crippen molar-refractivity contribution in [2.45, 2.75) is 6.92 Å². The summed E-state index contributed by atoms with van der Waals surface area (Å²) in [6, 6.07) is 11.1. The predicted molar refractivity (Wildman–Crippen MR) is 81.5 cm³/mol. The highest BCUT2D eigenvalue weighted by Crippen LogP contribution is 2.24. The van der Waals surface area contributed by atoms with Crippen LogP contribution in [0.5, 0.6) is 11.5 Å². The zero-order valence-electron chi connectivity index (χ0n) is 10.8. The minimum atomic E-state index is -0.0946. The fraction of sp³-hybridized carbons (Fsp3) is 0.0667. The summed E-state index contributed by atoms with van der Waals surface area (Å²) in [5.41, 5.74) is 1.76. The molecule has 2 aromatic rings. The van der Waals surface area contributed by atoms with Crippen molar-refractivity contribution in [3.8, 4) is 11.5 Å². The van der Waals surface area contributed by atoms with Gasteiger partial charge in [0.1, 0.15) is 16.5 Å². The second kappa shape index (κ2) is 5.71. The van der Waals surface area contributed by atoms with Crippen LogP contribution in [0.3, 0.4) is 0 Å². The summed E-state index contributed by atoms with van der Waals surface area (Å²) in [6.07, 6.45) is 0. The summed E-state index contributed by atoms with van der Waals surface area (Å²) in [5.74, 6) is -0.127. The molecule has 0 aliphatic heterocycles. The zero-order valence-corrected chi connectivity index (χ0v) is 11.6. The lowest BCUT2D eigenvalue weighted by Crippen LogP contribution is -2.10. The van der Waals surface area contributed by atoms with Gasteiger partial charge >= 0.3 is 0 Å². The fourth-order valence-electron chi connectivity index (χ4n) is 1.70. The number of rotatable bonds is 3. The van der Waals surface area contributed by atoms with Crippen LogP contribution in [0.25, 0.3) is 0 Å². The van der Waals surface area contributed by atoms with E-state index in [1.807, 2.05) is 0 Å². The van der Waals surface area contributed by atoms with Gasteiger partial charge < -0.3 is 15.5 Å². The van der Waals surface area contributed by atoms with Gasteiger partial charge in [-0.25, -0.2) is 0 Å². The molecule has 0 aliphatic rings. The van der Waals surface area contributed by atoms with E-state index in [-0.39, 0.29) is 17.3 Å². The third-order valence-corrected chi connectivity index (χ3v) is 3.10. The molecular formula is C15H13NO3S. The first-order chi connectivity index (χ1) is 9.47. The van der Waals surface area contributed by atoms with Gasteiger partial charge in [-0.1, -0.05) is 12.2 Å². The van der Waals surface area contributed by atoms with Gasteiger partial charge in [0.15, 0.2) is 5.78 Å². The van der Waals surface area contributed by atoms with Crippen molar-refractivity contribution in [3.63, 3.8) is 0 Å². The van der Waals surface area contributed by atoms with E-state index < -0.39 is 0 Å². The Bertz CT molecular complexity index is 665. The van der Waals surface area contributed by atoms with Crippen LogP contribution in [0.15, 0.2) is 42.5 Å². The quantitative estimate of drug-likeness (QED) is 0.598. The Labute approximate surface area is 121 Å². The number of carbonyl (C=O) groups is 1. The van der Waals surface area contributed by atoms with E-state index in [4.69, 9.17) is 12.2 Å². The Hall–Kier alpha value is -2.40. The molecule has 0 bridgehead atoms. The molecule has 0 amide bonds. The van der Waals surface area contributed by atoms with Gasteiger partial charge in [0.05, 0.1) is 5.56 Å². The smallest absolute Gasteiger partial charge is 0.159 e. The molecule has 20 heavy (non-hydrogen) atoms. The molecule has 0 saturated heterocycles. The number of benzene rings is 2. The first-order valence-corrected chi connectivity index (χ1v) is 6.32. The minimum absolute atomic E-state index is 0.00435. The molecule has 102 valence electrons. The topological polar surface area (TPSA) is 69.6 Å². The van der Waals surface area contributed by atoms with Crippen molar-refractivity contribution in [1.29, 1.82) is 0 Å². The van der Waals surface area contributed by atoms with E-state index in [1.165, 1.54) is 25.1 Å². The van der Waals surface area contributed by atoms with Crippen LogP contribution in [0, 0.1) is 0 Å². The molecule has 0 heterocycles. The number of thiocarbonyl (C=S) groups is 1. The van der Waals surface area contributed by atoms with Crippen LogP contribution < -0.4 is 5.32 Å². The first kappa shape index (κ1) is 14.0. The van der Waals surface area contributed by atoms with Crippen molar-refractivity contribution in [3.05, 3.63) is 53.6 Å². The highest BCUT2D eigenvalue weighted by atomic mass is 32.1. The lowest BCUT2D eigenvalue weighted by Gasteiger charge is -2.10. The zero-order chi connectivity index (χ0) is 14.7. The van der Waals surface area contributed by atoms with Gasteiger partial charge in [-0.2, -0.15) is 0 Å². The lowest BCUT2D eigenvalue weighted by molar-refractivity contribution is 0.101. The molecule has 0 fully saturated rings. The highest BCUT2D eigenvalue weighted by Gasteiger charge is 2.08. The largest absolute Gasteiger partial charge is 0.508 e. The molecule has 3 N–H and O–H groups in total. The van der Waals surface area contributed by atoms with Gasteiger partial charge in [0.2, 0.25) is 0 Å². The van der Waals surface area contributed by atoms with E-state index in [0.717, 1.165) is 0 Å². The van der Waals surface area contributed by atoms with Crippen LogP contribution >= 0.6 is 12.2 Å². The van der Waals surface area contributed by atoms with Gasteiger partial charge in [0, 0.05) is 17.3 Å². The van der Waals surface area contributed by atoms with Crippen molar-refractivity contribution in [2.24, 2.45) is 0 Å². The molecule has 4 nitrogen and oxygen atoms in total. The SMILES string of the molecule is CC(=O)c1ccc(NC(=S)c2ccc(O)cc2O)cc1. The second-order valence-electron chi connectivity index (χ2n) is 4.29. The number of anilines is 1. The molecule has 2 rings (SSSR count). The van der Waals surface area contributed by atoms with Crippen LogP contribution in [0.1, 0.15) is 22.8 Å². The van der Waals surface area contributed by atoms with Gasteiger partial charge in [0.25, 0.3) is 0 Å². The number of phenols is 2. The Morgan fingerprint density at radius 2 is 1.75 bits per heavy atom. The van der Waals surface area contributed by atoms with Crippen molar-refractivity contribution in [2.75, 3.05) is 5.32 Å².